The van der Waals surface area contributed by atoms with Crippen molar-refractivity contribution in [3.05, 3.63) is 60.7 Å². The highest BCUT2D eigenvalue weighted by Gasteiger charge is 2.32. The number of methoxy groups -OCH3 is 1. The third kappa shape index (κ3) is 6.19. The van der Waals surface area contributed by atoms with Crippen molar-refractivity contribution in [2.45, 2.75) is 44.4 Å². The van der Waals surface area contributed by atoms with Gasteiger partial charge in [-0.1, -0.05) is 30.3 Å². The van der Waals surface area contributed by atoms with Crippen molar-refractivity contribution in [2.24, 2.45) is 5.73 Å². The Balaban J connectivity index is 1.52. The number of hydrogen-bond donors (Lipinski definition) is 2. The molecule has 2 heterocycles. The molecule has 0 bridgehead atoms. The minimum absolute atomic E-state index is 0.159. The molecule has 3 N–H and O–H groups in total. The third-order valence-electron chi connectivity index (χ3n) is 5.79. The first-order chi connectivity index (χ1) is 17.0. The summed E-state index contributed by atoms with van der Waals surface area (Å²) in [5, 5.41) is 2.96. The van der Waals surface area contributed by atoms with Crippen LogP contribution in [0.5, 0.6) is 6.01 Å². The number of rotatable bonds is 7. The number of benzene rings is 1. The van der Waals surface area contributed by atoms with Gasteiger partial charge in [0.15, 0.2) is 0 Å². The lowest BCUT2D eigenvalue weighted by Crippen LogP contribution is -2.49. The monoisotopic (exact) mass is 477 g/mol. The molecule has 1 aliphatic rings. The fraction of sp³-hybridized carbons (Fsp3) is 0.333. The van der Waals surface area contributed by atoms with Gasteiger partial charge in [-0.15, -0.1) is 0 Å². The van der Waals surface area contributed by atoms with Gasteiger partial charge in [-0.2, -0.15) is 0 Å². The Morgan fingerprint density at radius 1 is 0.971 bits per heavy atom. The van der Waals surface area contributed by atoms with Crippen molar-refractivity contribution in [1.29, 1.82) is 0 Å². The molecule has 0 atom stereocenters. The summed E-state index contributed by atoms with van der Waals surface area (Å²) in [6.45, 7) is 0.373. The second-order valence-electron chi connectivity index (χ2n) is 8.11. The van der Waals surface area contributed by atoms with Crippen molar-refractivity contribution >= 4 is 18.1 Å². The number of aromatic nitrogens is 4. The lowest BCUT2D eigenvalue weighted by molar-refractivity contribution is 0.0786. The van der Waals surface area contributed by atoms with E-state index in [2.05, 4.69) is 25.3 Å². The topological polar surface area (TPSA) is 145 Å². The van der Waals surface area contributed by atoms with Crippen LogP contribution in [0.1, 0.15) is 31.2 Å². The van der Waals surface area contributed by atoms with E-state index in [0.717, 1.165) is 11.1 Å². The smallest absolute Gasteiger partial charge is 0.404 e. The van der Waals surface area contributed by atoms with Crippen LogP contribution in [0.4, 0.5) is 15.5 Å². The number of amides is 3. The number of nitrogens with one attached hydrogen (secondary N) is 1. The Bertz CT molecular complexity index is 1120. The molecule has 3 aromatic rings. The van der Waals surface area contributed by atoms with E-state index in [4.69, 9.17) is 15.2 Å². The van der Waals surface area contributed by atoms with E-state index in [1.54, 1.807) is 29.7 Å². The average Bonchev–Trinajstić information content (AvgIpc) is 2.89. The van der Waals surface area contributed by atoms with Crippen LogP contribution in [0.3, 0.4) is 0 Å². The molecule has 3 amide bonds. The zero-order valence-electron chi connectivity index (χ0n) is 19.3. The molecule has 2 aromatic heterocycles. The van der Waals surface area contributed by atoms with E-state index in [9.17, 15) is 9.59 Å². The van der Waals surface area contributed by atoms with Gasteiger partial charge < -0.3 is 20.5 Å². The van der Waals surface area contributed by atoms with Crippen molar-refractivity contribution < 1.29 is 19.1 Å². The number of urea groups is 1. The van der Waals surface area contributed by atoms with E-state index in [1.807, 2.05) is 30.3 Å². The van der Waals surface area contributed by atoms with Crippen molar-refractivity contribution in [2.75, 3.05) is 12.0 Å². The Hall–Kier alpha value is -4.28. The molecule has 0 unspecified atom stereocenters. The highest BCUT2D eigenvalue weighted by molar-refractivity contribution is 5.90. The summed E-state index contributed by atoms with van der Waals surface area (Å²) in [6, 6.07) is 9.46. The second-order valence-corrected chi connectivity index (χ2v) is 8.11. The van der Waals surface area contributed by atoms with Crippen molar-refractivity contribution in [3.8, 4) is 17.1 Å². The van der Waals surface area contributed by atoms with E-state index in [-0.39, 0.29) is 30.1 Å². The largest absolute Gasteiger partial charge is 0.467 e. The SMILES string of the molecule is COc1ncc(-c2cnc(N(C(=O)NCc3ccccc3)C3CCC(OC(N)=O)CC3)nc2)cn1. The zero-order valence-corrected chi connectivity index (χ0v) is 19.3. The van der Waals surface area contributed by atoms with E-state index < -0.39 is 6.09 Å². The molecule has 0 spiro atoms. The summed E-state index contributed by atoms with van der Waals surface area (Å²) < 4.78 is 10.1. The molecule has 1 saturated carbocycles. The van der Waals surface area contributed by atoms with Gasteiger partial charge in [-0.05, 0) is 31.2 Å². The maximum absolute atomic E-state index is 13.3. The maximum atomic E-state index is 13.3. The number of ether oxygens (including phenoxy) is 2. The average molecular weight is 478 g/mol. The van der Waals surface area contributed by atoms with E-state index in [1.165, 1.54) is 7.11 Å². The minimum Gasteiger partial charge on any atom is -0.467 e. The summed E-state index contributed by atoms with van der Waals surface area (Å²) in [5.41, 5.74) is 7.57. The molecule has 0 radical (unpaired) electrons. The van der Waals surface area contributed by atoms with Crippen LogP contribution in [0.2, 0.25) is 0 Å². The molecule has 0 saturated heterocycles. The van der Waals surface area contributed by atoms with Crippen molar-refractivity contribution in [1.82, 2.24) is 25.3 Å². The molecule has 1 aliphatic carbocycles. The predicted molar refractivity (Wildman–Crippen MR) is 127 cm³/mol. The third-order valence-corrected chi connectivity index (χ3v) is 5.79. The first-order valence-corrected chi connectivity index (χ1v) is 11.3. The second kappa shape index (κ2) is 11.2. The van der Waals surface area contributed by atoms with Gasteiger partial charge >= 0.3 is 18.1 Å². The van der Waals surface area contributed by atoms with Crippen molar-refractivity contribution in [3.63, 3.8) is 0 Å². The summed E-state index contributed by atoms with van der Waals surface area (Å²) >= 11 is 0. The zero-order chi connectivity index (χ0) is 24.6. The number of anilines is 1. The number of carbonyl (C=O) groups excluding carboxylic acids is 2. The molecule has 1 aromatic carbocycles. The number of carbonyl (C=O) groups is 2. The summed E-state index contributed by atoms with van der Waals surface area (Å²) in [7, 11) is 1.50. The normalized spacial score (nSPS) is 17.3. The highest BCUT2D eigenvalue weighted by atomic mass is 16.6. The van der Waals surface area contributed by atoms with Gasteiger partial charge in [0, 0.05) is 48.5 Å². The maximum Gasteiger partial charge on any atom is 0.404 e. The van der Waals surface area contributed by atoms with Gasteiger partial charge in [0.25, 0.3) is 0 Å². The van der Waals surface area contributed by atoms with E-state index in [0.29, 0.717) is 37.8 Å². The molecule has 4 rings (SSSR count). The van der Waals surface area contributed by atoms with Crippen LogP contribution in [-0.4, -0.2) is 51.3 Å². The van der Waals surface area contributed by atoms with Crippen LogP contribution in [0.25, 0.3) is 11.1 Å². The lowest BCUT2D eigenvalue weighted by atomic mass is 9.92. The standard InChI is InChI=1S/C24H27N7O4/c1-34-23-28-14-18(15-29-23)17-12-26-22(27-13-17)31(19-7-9-20(10-8-19)35-21(25)32)24(33)30-11-16-5-3-2-4-6-16/h2-6,12-15,19-20H,7-11H2,1H3,(H2,25,32)(H,30,33). The molecule has 35 heavy (non-hydrogen) atoms. The van der Waals surface area contributed by atoms with Crippen LogP contribution in [-0.2, 0) is 11.3 Å². The first kappa shape index (κ1) is 23.9. The minimum atomic E-state index is -0.785. The van der Waals surface area contributed by atoms with Gasteiger partial charge in [0.1, 0.15) is 6.10 Å². The highest BCUT2D eigenvalue weighted by Crippen LogP contribution is 2.28. The number of nitrogens with two attached hydrogens (primary N) is 1. The Labute approximate surface area is 202 Å². The summed E-state index contributed by atoms with van der Waals surface area (Å²) in [5.74, 6) is 0.285. The van der Waals surface area contributed by atoms with Gasteiger partial charge in [0.2, 0.25) is 5.95 Å². The fourth-order valence-corrected chi connectivity index (χ4v) is 4.03. The summed E-state index contributed by atoms with van der Waals surface area (Å²) in [4.78, 5) is 43.2. The molecule has 182 valence electrons. The van der Waals surface area contributed by atoms with Gasteiger partial charge in [-0.3, -0.25) is 4.90 Å². The van der Waals surface area contributed by atoms with Crippen LogP contribution in [0, 0.1) is 0 Å². The first-order valence-electron chi connectivity index (χ1n) is 11.3. The molecule has 11 heteroatoms. The molecule has 1 fully saturated rings. The number of hydrogen-bond acceptors (Lipinski definition) is 8. The van der Waals surface area contributed by atoms with Gasteiger partial charge in [-0.25, -0.2) is 29.5 Å². The number of primary amides is 1. The molecular formula is C24H27N7O4. The Morgan fingerprint density at radius 2 is 1.57 bits per heavy atom. The van der Waals surface area contributed by atoms with Gasteiger partial charge in [0.05, 0.1) is 7.11 Å². The van der Waals surface area contributed by atoms with E-state index >= 15 is 0 Å². The van der Waals surface area contributed by atoms with Crippen LogP contribution >= 0.6 is 0 Å². The van der Waals surface area contributed by atoms with Crippen LogP contribution < -0.4 is 20.7 Å². The summed E-state index contributed by atoms with van der Waals surface area (Å²) in [6.07, 6.45) is 7.89. The molecular weight excluding hydrogens is 450 g/mol. The number of nitrogens with zero attached hydrogens (tertiary/aromatic N) is 5. The lowest BCUT2D eigenvalue weighted by Gasteiger charge is -2.35. The quantitative estimate of drug-likeness (QED) is 0.528. The van der Waals surface area contributed by atoms with Crippen LogP contribution in [0.15, 0.2) is 55.1 Å². The molecule has 11 nitrogen and oxygen atoms in total. The fourth-order valence-electron chi connectivity index (χ4n) is 4.03. The molecule has 0 aliphatic heterocycles. The Morgan fingerprint density at radius 3 is 2.14 bits per heavy atom. The Kier molecular flexibility index (Phi) is 7.66. The predicted octanol–water partition coefficient (Wildman–Crippen LogP) is 3.06.